The zero-order valence-corrected chi connectivity index (χ0v) is 11.4. The van der Waals surface area contributed by atoms with E-state index in [0.717, 1.165) is 26.1 Å². The van der Waals surface area contributed by atoms with Crippen molar-refractivity contribution in [1.82, 2.24) is 15.5 Å². The normalized spacial score (nSPS) is 35.5. The molecule has 0 saturated carbocycles. The van der Waals surface area contributed by atoms with Crippen molar-refractivity contribution in [2.24, 2.45) is 5.92 Å². The van der Waals surface area contributed by atoms with Crippen LogP contribution in [0.2, 0.25) is 0 Å². The van der Waals surface area contributed by atoms with Gasteiger partial charge in [-0.2, -0.15) is 0 Å². The van der Waals surface area contributed by atoms with E-state index in [1.807, 2.05) is 4.90 Å². The second-order valence-corrected chi connectivity index (χ2v) is 6.05. The maximum Gasteiger partial charge on any atom is 0.245 e. The second kappa shape index (κ2) is 5.49. The molecule has 5 nitrogen and oxygen atoms in total. The van der Waals surface area contributed by atoms with Crippen LogP contribution < -0.4 is 10.6 Å². The molecule has 3 atom stereocenters. The highest BCUT2D eigenvalue weighted by Crippen LogP contribution is 2.25. The largest absolute Gasteiger partial charge is 0.344 e. The molecule has 0 aliphatic carbocycles. The Morgan fingerprint density at radius 3 is 2.79 bits per heavy atom. The van der Waals surface area contributed by atoms with E-state index in [4.69, 9.17) is 0 Å². The molecule has 0 bridgehead atoms. The van der Waals surface area contributed by atoms with Crippen LogP contribution in [-0.2, 0) is 9.59 Å². The van der Waals surface area contributed by atoms with Gasteiger partial charge in [0.25, 0.3) is 0 Å². The smallest absolute Gasteiger partial charge is 0.245 e. The summed E-state index contributed by atoms with van der Waals surface area (Å²) in [6.07, 6.45) is 5.98. The first kappa shape index (κ1) is 12.9. The molecule has 5 heteroatoms. The number of nitrogens with zero attached hydrogens (tertiary/aromatic N) is 1. The first-order valence-corrected chi connectivity index (χ1v) is 7.55. The van der Waals surface area contributed by atoms with Crippen molar-refractivity contribution in [3.05, 3.63) is 0 Å². The standard InChI is InChI=1S/C14H23N3O2/c18-13-6-5-12(16-13)14(19)17-8-2-3-10(9-17)11-4-1-7-15-11/h10-12,15H,1-9H2,(H,16,18)/t10?,11?,12-/m1/s1. The Morgan fingerprint density at radius 1 is 1.21 bits per heavy atom. The summed E-state index contributed by atoms with van der Waals surface area (Å²) in [7, 11) is 0. The molecule has 0 radical (unpaired) electrons. The van der Waals surface area contributed by atoms with Gasteiger partial charge >= 0.3 is 0 Å². The maximum atomic E-state index is 12.4. The van der Waals surface area contributed by atoms with E-state index < -0.39 is 0 Å². The van der Waals surface area contributed by atoms with E-state index in [9.17, 15) is 9.59 Å². The predicted octanol–water partition coefficient (Wildman–Crippen LogP) is 0.256. The van der Waals surface area contributed by atoms with Crippen LogP contribution in [-0.4, -0.2) is 48.4 Å². The summed E-state index contributed by atoms with van der Waals surface area (Å²) in [4.78, 5) is 25.6. The van der Waals surface area contributed by atoms with Crippen molar-refractivity contribution in [2.75, 3.05) is 19.6 Å². The van der Waals surface area contributed by atoms with Gasteiger partial charge in [-0.15, -0.1) is 0 Å². The molecule has 3 saturated heterocycles. The molecule has 19 heavy (non-hydrogen) atoms. The van der Waals surface area contributed by atoms with E-state index in [-0.39, 0.29) is 17.9 Å². The van der Waals surface area contributed by atoms with E-state index in [1.165, 1.54) is 19.3 Å². The Kier molecular flexibility index (Phi) is 3.73. The molecule has 2 N–H and O–H groups in total. The third kappa shape index (κ3) is 2.76. The molecular formula is C14H23N3O2. The highest BCUT2D eigenvalue weighted by Gasteiger charge is 2.35. The van der Waals surface area contributed by atoms with Crippen LogP contribution in [0.3, 0.4) is 0 Å². The van der Waals surface area contributed by atoms with Crippen LogP contribution in [0, 0.1) is 5.92 Å². The van der Waals surface area contributed by atoms with Gasteiger partial charge in [-0.05, 0) is 44.6 Å². The Labute approximate surface area is 114 Å². The van der Waals surface area contributed by atoms with Crippen LogP contribution in [0.15, 0.2) is 0 Å². The first-order chi connectivity index (χ1) is 9.24. The summed E-state index contributed by atoms with van der Waals surface area (Å²) in [6, 6.07) is 0.330. The van der Waals surface area contributed by atoms with E-state index in [1.54, 1.807) is 0 Å². The highest BCUT2D eigenvalue weighted by molar-refractivity contribution is 5.90. The van der Waals surface area contributed by atoms with Crippen molar-refractivity contribution in [3.8, 4) is 0 Å². The monoisotopic (exact) mass is 265 g/mol. The Bertz CT molecular complexity index is 366. The van der Waals surface area contributed by atoms with Crippen molar-refractivity contribution >= 4 is 11.8 Å². The van der Waals surface area contributed by atoms with Crippen LogP contribution in [0.1, 0.15) is 38.5 Å². The first-order valence-electron chi connectivity index (χ1n) is 7.55. The number of likely N-dealkylation sites (tertiary alicyclic amines) is 1. The molecule has 3 rings (SSSR count). The average Bonchev–Trinajstić information content (AvgIpc) is 3.09. The molecule has 0 spiro atoms. The minimum Gasteiger partial charge on any atom is -0.344 e. The number of piperidine rings is 1. The van der Waals surface area contributed by atoms with Crippen LogP contribution >= 0.6 is 0 Å². The van der Waals surface area contributed by atoms with Gasteiger partial charge in [0.05, 0.1) is 0 Å². The Morgan fingerprint density at radius 2 is 2.11 bits per heavy atom. The summed E-state index contributed by atoms with van der Waals surface area (Å²) >= 11 is 0. The summed E-state index contributed by atoms with van der Waals surface area (Å²) < 4.78 is 0. The minimum absolute atomic E-state index is 0.0179. The molecule has 3 aliphatic rings. The SMILES string of the molecule is O=C1CC[C@H](C(=O)N2CCCC(C3CCCN3)C2)N1. The molecule has 106 valence electrons. The van der Waals surface area contributed by atoms with Crippen molar-refractivity contribution in [3.63, 3.8) is 0 Å². The number of hydrogen-bond acceptors (Lipinski definition) is 3. The number of hydrogen-bond donors (Lipinski definition) is 2. The third-order valence-electron chi connectivity index (χ3n) is 4.73. The summed E-state index contributed by atoms with van der Waals surface area (Å²) in [5.74, 6) is 0.746. The lowest BCUT2D eigenvalue weighted by Crippen LogP contribution is -2.51. The zero-order valence-electron chi connectivity index (χ0n) is 11.4. The van der Waals surface area contributed by atoms with Crippen molar-refractivity contribution in [2.45, 2.75) is 50.6 Å². The highest BCUT2D eigenvalue weighted by atomic mass is 16.2. The van der Waals surface area contributed by atoms with Crippen LogP contribution in [0.25, 0.3) is 0 Å². The molecule has 3 fully saturated rings. The molecule has 2 unspecified atom stereocenters. The molecule has 3 heterocycles. The fraction of sp³-hybridized carbons (Fsp3) is 0.857. The molecular weight excluding hydrogens is 242 g/mol. The molecule has 0 aromatic carbocycles. The number of carbonyl (C=O) groups is 2. The molecule has 2 amide bonds. The average molecular weight is 265 g/mol. The molecule has 0 aromatic rings. The number of rotatable bonds is 2. The quantitative estimate of drug-likeness (QED) is 0.752. The fourth-order valence-corrected chi connectivity index (χ4v) is 3.67. The molecule has 0 aromatic heterocycles. The van der Waals surface area contributed by atoms with E-state index >= 15 is 0 Å². The fourth-order valence-electron chi connectivity index (χ4n) is 3.67. The predicted molar refractivity (Wildman–Crippen MR) is 71.5 cm³/mol. The molecule has 3 aliphatic heterocycles. The van der Waals surface area contributed by atoms with E-state index in [2.05, 4.69) is 10.6 Å². The third-order valence-corrected chi connectivity index (χ3v) is 4.73. The van der Waals surface area contributed by atoms with Gasteiger partial charge in [-0.1, -0.05) is 0 Å². The van der Waals surface area contributed by atoms with Gasteiger partial charge in [0.15, 0.2) is 0 Å². The van der Waals surface area contributed by atoms with Crippen LogP contribution in [0.5, 0.6) is 0 Å². The lowest BCUT2D eigenvalue weighted by molar-refractivity contribution is -0.136. The Balaban J connectivity index is 1.58. The summed E-state index contributed by atoms with van der Waals surface area (Å²) in [5, 5.41) is 6.34. The maximum absolute atomic E-state index is 12.4. The topological polar surface area (TPSA) is 61.4 Å². The van der Waals surface area contributed by atoms with Gasteiger partial charge in [-0.25, -0.2) is 0 Å². The summed E-state index contributed by atoms with van der Waals surface area (Å²) in [6.45, 7) is 2.84. The van der Waals surface area contributed by atoms with Gasteiger partial charge in [-0.3, -0.25) is 9.59 Å². The Hall–Kier alpha value is -1.10. The second-order valence-electron chi connectivity index (χ2n) is 6.05. The number of nitrogens with one attached hydrogen (secondary N) is 2. The van der Waals surface area contributed by atoms with Gasteiger partial charge in [0, 0.05) is 25.6 Å². The van der Waals surface area contributed by atoms with Crippen molar-refractivity contribution < 1.29 is 9.59 Å². The van der Waals surface area contributed by atoms with Gasteiger partial charge in [0.2, 0.25) is 11.8 Å². The zero-order chi connectivity index (χ0) is 13.2. The number of amides is 2. The lowest BCUT2D eigenvalue weighted by atomic mass is 9.89. The van der Waals surface area contributed by atoms with Gasteiger partial charge < -0.3 is 15.5 Å². The van der Waals surface area contributed by atoms with Crippen molar-refractivity contribution in [1.29, 1.82) is 0 Å². The van der Waals surface area contributed by atoms with Crippen LogP contribution in [0.4, 0.5) is 0 Å². The summed E-state index contributed by atoms with van der Waals surface area (Å²) in [5.41, 5.74) is 0. The number of carbonyl (C=O) groups excluding carboxylic acids is 2. The minimum atomic E-state index is -0.261. The van der Waals surface area contributed by atoms with E-state index in [0.29, 0.717) is 24.8 Å². The lowest BCUT2D eigenvalue weighted by Gasteiger charge is -2.37. The van der Waals surface area contributed by atoms with Gasteiger partial charge in [0.1, 0.15) is 6.04 Å².